The van der Waals surface area contributed by atoms with E-state index in [-0.39, 0.29) is 4.74 Å². The molecule has 0 fully saturated rings. The van der Waals surface area contributed by atoms with Crippen molar-refractivity contribution in [2.45, 2.75) is 6.92 Å². The molecule has 0 amide bonds. The molecule has 0 aliphatic carbocycles. The van der Waals surface area contributed by atoms with Gasteiger partial charge in [0.25, 0.3) is 0 Å². The van der Waals surface area contributed by atoms with E-state index >= 15 is 0 Å². The Morgan fingerprint density at radius 2 is 1.88 bits per heavy atom. The molecule has 0 bridgehead atoms. The molecule has 1 aliphatic rings. The van der Waals surface area contributed by atoms with Crippen LogP contribution < -0.4 is 14.4 Å². The Hall–Kier alpha value is -2.59. The van der Waals surface area contributed by atoms with Crippen molar-refractivity contribution in [1.82, 2.24) is 0 Å². The predicted molar refractivity (Wildman–Crippen MR) is 106 cm³/mol. The molecule has 2 heterocycles. The van der Waals surface area contributed by atoms with Crippen LogP contribution in [0.4, 0.5) is 5.69 Å². The van der Waals surface area contributed by atoms with Gasteiger partial charge in [-0.3, -0.25) is 4.79 Å². The lowest BCUT2D eigenvalue weighted by atomic mass is 10.0. The average Bonchev–Trinajstić information content (AvgIpc) is 2.62. The van der Waals surface area contributed by atoms with E-state index in [1.807, 2.05) is 49.5 Å². The molecule has 4 rings (SSSR count). The van der Waals surface area contributed by atoms with Gasteiger partial charge in [-0.25, -0.2) is 0 Å². The maximum absolute atomic E-state index is 12.8. The maximum atomic E-state index is 12.8. The summed E-state index contributed by atoms with van der Waals surface area (Å²) in [7, 11) is 2.03. The molecule has 2 aromatic carbocycles. The van der Waals surface area contributed by atoms with Crippen LogP contribution in [-0.4, -0.2) is 20.2 Å². The smallest absolute Gasteiger partial charge is 0.242 e. The van der Waals surface area contributed by atoms with Crippen LogP contribution in [0.15, 0.2) is 59.4 Å². The van der Waals surface area contributed by atoms with E-state index in [1.54, 1.807) is 0 Å². The fourth-order valence-corrected chi connectivity index (χ4v) is 4.13. The van der Waals surface area contributed by atoms with Crippen LogP contribution >= 0.6 is 11.3 Å². The molecule has 25 heavy (non-hydrogen) atoms. The Morgan fingerprint density at radius 3 is 2.68 bits per heavy atom. The first-order valence-electron chi connectivity index (χ1n) is 8.29. The summed E-state index contributed by atoms with van der Waals surface area (Å²) in [4.78, 5) is 14.9. The van der Waals surface area contributed by atoms with Crippen molar-refractivity contribution in [3.63, 3.8) is 0 Å². The highest BCUT2D eigenvalue weighted by Gasteiger charge is 2.23. The molecule has 4 heteroatoms. The van der Waals surface area contributed by atoms with Gasteiger partial charge in [-0.1, -0.05) is 53.3 Å². The molecular weight excluding hydrogens is 330 g/mol. The van der Waals surface area contributed by atoms with E-state index in [2.05, 4.69) is 24.0 Å². The lowest BCUT2D eigenvalue weighted by Crippen LogP contribution is -2.27. The maximum Gasteiger partial charge on any atom is 0.242 e. The lowest BCUT2D eigenvalue weighted by molar-refractivity contribution is 0.369. The Balaban J connectivity index is 1.74. The number of ether oxygens (including phenoxy) is 1. The molecule has 0 spiro atoms. The number of hydrogen-bond acceptors (Lipinski definition) is 4. The zero-order chi connectivity index (χ0) is 17.4. The second-order valence-corrected chi connectivity index (χ2v) is 7.34. The van der Waals surface area contributed by atoms with Gasteiger partial charge in [0.05, 0.1) is 11.3 Å². The summed E-state index contributed by atoms with van der Waals surface area (Å²) in [6.45, 7) is 3.23. The molecule has 0 atom stereocenters. The molecule has 1 aliphatic heterocycles. The summed E-state index contributed by atoms with van der Waals surface area (Å²) >= 11 is 1.31. The number of aryl methyl sites for hydroxylation is 1. The molecule has 3 aromatic rings. The normalized spacial score (nSPS) is 13.5. The molecule has 0 saturated heterocycles. The first-order valence-corrected chi connectivity index (χ1v) is 9.11. The summed E-state index contributed by atoms with van der Waals surface area (Å²) in [5.41, 5.74) is 3.97. The van der Waals surface area contributed by atoms with E-state index in [4.69, 9.17) is 4.74 Å². The molecule has 126 valence electrons. The largest absolute Gasteiger partial charge is 0.489 e. The molecule has 1 aromatic heterocycles. The van der Waals surface area contributed by atoms with Crippen LogP contribution in [0.3, 0.4) is 0 Å². The van der Waals surface area contributed by atoms with Crippen LogP contribution in [0, 0.1) is 6.92 Å². The Kier molecular flexibility index (Phi) is 4.06. The highest BCUT2D eigenvalue weighted by Crippen LogP contribution is 2.36. The monoisotopic (exact) mass is 349 g/mol. The first-order chi connectivity index (χ1) is 12.1. The van der Waals surface area contributed by atoms with Crippen molar-refractivity contribution in [3.8, 4) is 5.75 Å². The predicted octanol–water partition coefficient (Wildman–Crippen LogP) is 4.48. The van der Waals surface area contributed by atoms with Gasteiger partial charge >= 0.3 is 0 Å². The van der Waals surface area contributed by atoms with Gasteiger partial charge in [0.15, 0.2) is 0 Å². The standard InChI is InChI=1S/C21H19NO2S/c1-14-7-9-16(10-8-14)24-13-15-11-12-22(2)20-17-5-3-4-6-18(17)25-21(23)19(15)20/h3-11H,12-13H2,1-2H3. The molecule has 3 nitrogen and oxygen atoms in total. The minimum absolute atomic E-state index is 0.0963. The Bertz CT molecular complexity index is 1020. The molecule has 0 unspecified atom stereocenters. The van der Waals surface area contributed by atoms with Crippen LogP contribution in [0.2, 0.25) is 0 Å². The number of fused-ring (bicyclic) bond motifs is 3. The van der Waals surface area contributed by atoms with Crippen LogP contribution in [0.1, 0.15) is 11.1 Å². The van der Waals surface area contributed by atoms with E-state index in [1.165, 1.54) is 16.9 Å². The number of likely N-dealkylation sites (N-methyl/N-ethyl adjacent to an activating group) is 1. The summed E-state index contributed by atoms with van der Waals surface area (Å²) < 4.78 is 7.06. The molecule has 0 saturated carbocycles. The fraction of sp³-hybridized carbons (Fsp3) is 0.190. The molecule has 0 N–H and O–H groups in total. The molecular formula is C21H19NO2S. The number of rotatable bonds is 3. The Morgan fingerprint density at radius 1 is 1.12 bits per heavy atom. The van der Waals surface area contributed by atoms with E-state index in [0.717, 1.165) is 39.2 Å². The van der Waals surface area contributed by atoms with Crippen molar-refractivity contribution in [2.24, 2.45) is 0 Å². The van der Waals surface area contributed by atoms with Gasteiger partial charge in [0.1, 0.15) is 12.4 Å². The zero-order valence-electron chi connectivity index (χ0n) is 14.3. The number of hydrogen-bond donors (Lipinski definition) is 0. The SMILES string of the molecule is Cc1ccc(OCC2=CCN(C)c3c2c(=O)sc2ccccc32)cc1. The zero-order valence-corrected chi connectivity index (χ0v) is 15.1. The minimum Gasteiger partial charge on any atom is -0.489 e. The summed E-state index contributed by atoms with van der Waals surface area (Å²) in [6.07, 6.45) is 2.10. The van der Waals surface area contributed by atoms with Crippen molar-refractivity contribution >= 4 is 32.7 Å². The fourth-order valence-electron chi connectivity index (χ4n) is 3.18. The van der Waals surface area contributed by atoms with Crippen molar-refractivity contribution in [3.05, 3.63) is 75.3 Å². The van der Waals surface area contributed by atoms with Gasteiger partial charge in [0.2, 0.25) is 4.74 Å². The van der Waals surface area contributed by atoms with Gasteiger partial charge < -0.3 is 9.64 Å². The number of nitrogens with zero attached hydrogens (tertiary/aromatic N) is 1. The number of anilines is 1. The van der Waals surface area contributed by atoms with Crippen LogP contribution in [0.25, 0.3) is 15.7 Å². The van der Waals surface area contributed by atoms with Gasteiger partial charge in [-0.15, -0.1) is 0 Å². The van der Waals surface area contributed by atoms with Gasteiger partial charge in [0, 0.05) is 29.3 Å². The van der Waals surface area contributed by atoms with Crippen LogP contribution in [0.5, 0.6) is 5.75 Å². The van der Waals surface area contributed by atoms with Crippen molar-refractivity contribution in [2.75, 3.05) is 25.1 Å². The minimum atomic E-state index is 0.0963. The third kappa shape index (κ3) is 2.94. The molecule has 0 radical (unpaired) electrons. The second kappa shape index (κ2) is 6.37. The van der Waals surface area contributed by atoms with Crippen molar-refractivity contribution < 1.29 is 4.74 Å². The second-order valence-electron chi connectivity index (χ2n) is 6.32. The lowest BCUT2D eigenvalue weighted by Gasteiger charge is -2.28. The third-order valence-corrected chi connectivity index (χ3v) is 5.48. The average molecular weight is 349 g/mol. The number of benzene rings is 2. The topological polar surface area (TPSA) is 29.5 Å². The van der Waals surface area contributed by atoms with E-state index in [9.17, 15) is 4.79 Å². The Labute approximate surface area is 150 Å². The van der Waals surface area contributed by atoms with E-state index < -0.39 is 0 Å². The summed E-state index contributed by atoms with van der Waals surface area (Å²) in [5, 5.41) is 1.13. The van der Waals surface area contributed by atoms with Gasteiger partial charge in [-0.05, 0) is 25.1 Å². The summed E-state index contributed by atoms with van der Waals surface area (Å²) in [5.74, 6) is 0.823. The summed E-state index contributed by atoms with van der Waals surface area (Å²) in [6, 6.07) is 16.1. The van der Waals surface area contributed by atoms with Gasteiger partial charge in [-0.2, -0.15) is 0 Å². The van der Waals surface area contributed by atoms with Crippen LogP contribution in [-0.2, 0) is 0 Å². The highest BCUT2D eigenvalue weighted by atomic mass is 32.1. The van der Waals surface area contributed by atoms with Crippen molar-refractivity contribution in [1.29, 1.82) is 0 Å². The third-order valence-electron chi connectivity index (χ3n) is 4.52. The van der Waals surface area contributed by atoms with E-state index in [0.29, 0.717) is 6.61 Å². The first kappa shape index (κ1) is 15.9. The quantitative estimate of drug-likeness (QED) is 0.698. The highest BCUT2D eigenvalue weighted by molar-refractivity contribution is 7.16.